The molecular formula is C36H40N2O6. The molecule has 0 atom stereocenters. The Hall–Kier alpha value is -4.59. The second-order valence-electron chi connectivity index (χ2n) is 11.7. The van der Waals surface area contributed by atoms with Crippen LogP contribution in [0.5, 0.6) is 5.75 Å². The zero-order valence-corrected chi connectivity index (χ0v) is 26.2. The van der Waals surface area contributed by atoms with E-state index in [0.29, 0.717) is 28.6 Å². The number of ether oxygens (including phenoxy) is 3. The van der Waals surface area contributed by atoms with E-state index in [1.165, 1.54) is 18.2 Å². The van der Waals surface area contributed by atoms with Gasteiger partial charge in [0, 0.05) is 42.3 Å². The fourth-order valence-electron chi connectivity index (χ4n) is 6.37. The molecule has 0 amide bonds. The van der Waals surface area contributed by atoms with Crippen LogP contribution in [0.1, 0.15) is 73.4 Å². The largest absolute Gasteiger partial charge is 0.497 e. The number of aromatic nitrogens is 1. The van der Waals surface area contributed by atoms with Gasteiger partial charge in [-0.05, 0) is 80.1 Å². The Morgan fingerprint density at radius 1 is 1.07 bits per heavy atom. The summed E-state index contributed by atoms with van der Waals surface area (Å²) in [6, 6.07) is 11.5. The van der Waals surface area contributed by atoms with Gasteiger partial charge in [-0.15, -0.1) is 0 Å². The molecule has 0 bridgehead atoms. The highest BCUT2D eigenvalue weighted by Gasteiger charge is 2.32. The fraction of sp³-hybridized carbons (Fsp3) is 0.361. The monoisotopic (exact) mass is 596 g/mol. The summed E-state index contributed by atoms with van der Waals surface area (Å²) in [7, 11) is 5.13. The molecule has 1 aromatic heterocycles. The first-order valence-corrected chi connectivity index (χ1v) is 15.2. The Labute approximate surface area is 258 Å². The first-order valence-electron chi connectivity index (χ1n) is 15.2. The molecule has 1 fully saturated rings. The molecule has 0 unspecified atom stereocenters. The Kier molecular flexibility index (Phi) is 9.09. The number of allylic oxidation sites excluding steroid dienone is 2. The summed E-state index contributed by atoms with van der Waals surface area (Å²) >= 11 is 0. The van der Waals surface area contributed by atoms with Gasteiger partial charge in [-0.2, -0.15) is 0 Å². The molecule has 5 rings (SSSR count). The molecule has 1 saturated carbocycles. The number of rotatable bonds is 9. The Morgan fingerprint density at radius 2 is 1.82 bits per heavy atom. The summed E-state index contributed by atoms with van der Waals surface area (Å²) in [5.41, 5.74) is 5.62. The number of carbonyl (C=O) groups excluding carboxylic acids is 3. The number of carbonyl (C=O) groups is 3. The molecule has 3 aromatic rings. The van der Waals surface area contributed by atoms with Crippen molar-refractivity contribution in [2.45, 2.75) is 58.4 Å². The number of ketones is 1. The van der Waals surface area contributed by atoms with Crippen LogP contribution in [0, 0.1) is 0 Å². The maximum atomic E-state index is 14.2. The first-order chi connectivity index (χ1) is 21.1. The Morgan fingerprint density at radius 3 is 2.48 bits per heavy atom. The van der Waals surface area contributed by atoms with Crippen molar-refractivity contribution in [3.8, 4) is 17.0 Å². The van der Waals surface area contributed by atoms with E-state index < -0.39 is 17.7 Å². The molecule has 0 radical (unpaired) electrons. The van der Waals surface area contributed by atoms with Crippen molar-refractivity contribution < 1.29 is 28.6 Å². The van der Waals surface area contributed by atoms with Crippen LogP contribution in [0.15, 0.2) is 66.1 Å². The highest BCUT2D eigenvalue weighted by Crippen LogP contribution is 2.47. The van der Waals surface area contributed by atoms with Crippen LogP contribution in [0.4, 0.5) is 0 Å². The number of esters is 2. The summed E-state index contributed by atoms with van der Waals surface area (Å²) in [5, 5.41) is 1.05. The van der Waals surface area contributed by atoms with Crippen molar-refractivity contribution >= 4 is 34.7 Å². The predicted molar refractivity (Wildman–Crippen MR) is 171 cm³/mol. The molecule has 8 nitrogen and oxygen atoms in total. The smallest absolute Gasteiger partial charge is 0.343 e. The van der Waals surface area contributed by atoms with E-state index in [1.807, 2.05) is 36.4 Å². The molecule has 1 aliphatic carbocycles. The van der Waals surface area contributed by atoms with Crippen LogP contribution < -0.4 is 4.74 Å². The maximum Gasteiger partial charge on any atom is 0.343 e. The van der Waals surface area contributed by atoms with E-state index in [2.05, 4.69) is 11.1 Å². The van der Waals surface area contributed by atoms with Gasteiger partial charge < -0.3 is 23.7 Å². The van der Waals surface area contributed by atoms with Crippen molar-refractivity contribution in [1.29, 1.82) is 0 Å². The minimum Gasteiger partial charge on any atom is -0.497 e. The number of benzene rings is 2. The van der Waals surface area contributed by atoms with Crippen molar-refractivity contribution in [2.24, 2.45) is 0 Å². The van der Waals surface area contributed by atoms with Gasteiger partial charge in [0.25, 0.3) is 0 Å². The van der Waals surface area contributed by atoms with Gasteiger partial charge in [0.05, 0.1) is 37.3 Å². The van der Waals surface area contributed by atoms with Crippen molar-refractivity contribution in [2.75, 3.05) is 27.8 Å². The first kappa shape index (κ1) is 30.9. The highest BCUT2D eigenvalue weighted by molar-refractivity contribution is 6.25. The van der Waals surface area contributed by atoms with Crippen molar-refractivity contribution in [3.05, 3.63) is 82.8 Å². The lowest BCUT2D eigenvalue weighted by Crippen LogP contribution is -2.22. The van der Waals surface area contributed by atoms with E-state index in [0.717, 1.165) is 53.4 Å². The van der Waals surface area contributed by atoms with Gasteiger partial charge in [-0.25, -0.2) is 9.59 Å². The number of nitrogens with zero attached hydrogens (tertiary/aromatic N) is 2. The van der Waals surface area contributed by atoms with Crippen molar-refractivity contribution in [1.82, 2.24) is 9.47 Å². The number of fused-ring (bicyclic) bond motifs is 5. The zero-order valence-electron chi connectivity index (χ0n) is 26.2. The normalized spacial score (nSPS) is 15.0. The SMILES string of the molecule is C=C(C)OC(=O)c1ccc2c(C3CCCCC3)c3n(c2c1)CC(C(=O)/C(=C/N(C)C)C(=O)OCC)=Cc1cc(OC)ccc1-3. The molecule has 2 heterocycles. The number of methoxy groups -OCH3 is 1. The molecule has 0 saturated heterocycles. The molecule has 0 N–H and O–H groups in total. The molecule has 2 aliphatic rings. The second kappa shape index (κ2) is 13.0. The van der Waals surface area contributed by atoms with Crippen LogP contribution >= 0.6 is 0 Å². The molecular weight excluding hydrogens is 556 g/mol. The van der Waals surface area contributed by atoms with Crippen LogP contribution in [0.2, 0.25) is 0 Å². The van der Waals surface area contributed by atoms with E-state index in [4.69, 9.17) is 14.2 Å². The lowest BCUT2D eigenvalue weighted by atomic mass is 9.81. The minimum absolute atomic E-state index is 0.0503. The van der Waals surface area contributed by atoms with Crippen LogP contribution in [-0.2, 0) is 25.6 Å². The summed E-state index contributed by atoms with van der Waals surface area (Å²) in [4.78, 5) is 41.9. The van der Waals surface area contributed by atoms with Gasteiger partial charge in [-0.1, -0.05) is 31.9 Å². The van der Waals surface area contributed by atoms with Gasteiger partial charge in [0.15, 0.2) is 5.78 Å². The summed E-state index contributed by atoms with van der Waals surface area (Å²) in [6.45, 7) is 7.40. The molecule has 8 heteroatoms. The van der Waals surface area contributed by atoms with Gasteiger partial charge in [0.2, 0.25) is 0 Å². The van der Waals surface area contributed by atoms with Gasteiger partial charge in [-0.3, -0.25) is 4.79 Å². The average Bonchev–Trinajstić information content (AvgIpc) is 3.21. The van der Waals surface area contributed by atoms with E-state index in [9.17, 15) is 14.4 Å². The molecule has 0 spiro atoms. The molecule has 2 aromatic carbocycles. The van der Waals surface area contributed by atoms with Gasteiger partial charge >= 0.3 is 11.9 Å². The predicted octanol–water partition coefficient (Wildman–Crippen LogP) is 7.03. The van der Waals surface area contributed by atoms with E-state index in [1.54, 1.807) is 46.0 Å². The molecule has 44 heavy (non-hydrogen) atoms. The third-order valence-electron chi connectivity index (χ3n) is 8.21. The van der Waals surface area contributed by atoms with Crippen molar-refractivity contribution in [3.63, 3.8) is 0 Å². The minimum atomic E-state index is -0.674. The molecule has 1 aliphatic heterocycles. The average molecular weight is 597 g/mol. The Bertz CT molecular complexity index is 1700. The lowest BCUT2D eigenvalue weighted by Gasteiger charge is -2.24. The van der Waals surface area contributed by atoms with E-state index in [-0.39, 0.29) is 18.7 Å². The fourth-order valence-corrected chi connectivity index (χ4v) is 6.37. The number of hydrogen-bond acceptors (Lipinski definition) is 7. The standard InChI is InChI=1S/C36H40N2O6/c1-7-43-36(41)30(21-37(4)5)34(39)26-17-25-18-27(42-6)14-16-28(25)33-32(23-11-9-8-10-12-23)29-15-13-24(35(40)44-22(2)3)19-31(29)38(33)20-26/h13-19,21,23H,2,7-12,20H2,1,3-6H3/b30-21-. The summed E-state index contributed by atoms with van der Waals surface area (Å²) < 4.78 is 18.3. The molecule has 230 valence electrons. The highest BCUT2D eigenvalue weighted by atomic mass is 16.5. The van der Waals surface area contributed by atoms with Crippen LogP contribution in [0.3, 0.4) is 0 Å². The van der Waals surface area contributed by atoms with Crippen LogP contribution in [0.25, 0.3) is 28.2 Å². The zero-order chi connectivity index (χ0) is 31.5. The third kappa shape index (κ3) is 6.07. The van der Waals surface area contributed by atoms with E-state index >= 15 is 0 Å². The lowest BCUT2D eigenvalue weighted by molar-refractivity contribution is -0.139. The number of hydrogen-bond donors (Lipinski definition) is 0. The third-order valence-corrected chi connectivity index (χ3v) is 8.21. The second-order valence-corrected chi connectivity index (χ2v) is 11.7. The maximum absolute atomic E-state index is 14.2. The quantitative estimate of drug-likeness (QED) is 0.0862. The van der Waals surface area contributed by atoms with Gasteiger partial charge in [0.1, 0.15) is 11.3 Å². The van der Waals surface area contributed by atoms with Crippen LogP contribution in [-0.4, -0.2) is 55.0 Å². The Balaban J connectivity index is 1.79. The summed E-state index contributed by atoms with van der Waals surface area (Å²) in [5.74, 6) is -0.283. The summed E-state index contributed by atoms with van der Waals surface area (Å²) in [6.07, 6.45) is 9.00. The number of Topliss-reactive ketones (excluding diaryl/α,β-unsaturated/α-hetero) is 1. The topological polar surface area (TPSA) is 87.1 Å².